The number of fused-ring (bicyclic) bond motifs is 1. The molecule has 2 heterocycles. The van der Waals surface area contributed by atoms with Gasteiger partial charge in [0.15, 0.2) is 5.82 Å². The lowest BCUT2D eigenvalue weighted by molar-refractivity contribution is -0.384. The minimum absolute atomic E-state index is 0.0245. The zero-order chi connectivity index (χ0) is 19.5. The molecular weight excluding hydrogens is 354 g/mol. The summed E-state index contributed by atoms with van der Waals surface area (Å²) >= 11 is 0. The summed E-state index contributed by atoms with van der Waals surface area (Å²) in [5.41, 5.74) is 3.82. The maximum absolute atomic E-state index is 11.0. The van der Waals surface area contributed by atoms with E-state index in [1.54, 1.807) is 12.1 Å². The number of non-ortho nitro benzene ring substituents is 1. The van der Waals surface area contributed by atoms with Crippen molar-refractivity contribution >= 4 is 22.4 Å². The summed E-state index contributed by atoms with van der Waals surface area (Å²) in [6.45, 7) is 2.60. The minimum Gasteiger partial charge on any atom is -0.370 e. The maximum Gasteiger partial charge on any atom is 0.270 e. The summed E-state index contributed by atoms with van der Waals surface area (Å²) in [7, 11) is 0. The van der Waals surface area contributed by atoms with E-state index in [0.717, 1.165) is 17.6 Å². The number of nitrogens with one attached hydrogen (secondary N) is 2. The van der Waals surface area contributed by atoms with Gasteiger partial charge in [0.05, 0.1) is 4.92 Å². The maximum atomic E-state index is 11.0. The number of H-pyrrole nitrogens is 1. The number of hydrogen-bond donors (Lipinski definition) is 2. The van der Waals surface area contributed by atoms with E-state index < -0.39 is 4.92 Å². The molecule has 0 aliphatic rings. The summed E-state index contributed by atoms with van der Waals surface area (Å²) in [6, 6.07) is 16.5. The van der Waals surface area contributed by atoms with Crippen molar-refractivity contribution in [3.05, 3.63) is 82.2 Å². The van der Waals surface area contributed by atoms with E-state index in [0.29, 0.717) is 23.8 Å². The van der Waals surface area contributed by atoms with Crippen LogP contribution >= 0.6 is 0 Å². The van der Waals surface area contributed by atoms with Crippen LogP contribution in [0.25, 0.3) is 22.3 Å². The zero-order valence-corrected chi connectivity index (χ0v) is 15.3. The monoisotopic (exact) mass is 373 g/mol. The highest BCUT2D eigenvalue weighted by Gasteiger charge is 2.11. The van der Waals surface area contributed by atoms with Crippen molar-refractivity contribution < 1.29 is 4.92 Å². The third-order valence-corrected chi connectivity index (χ3v) is 4.54. The van der Waals surface area contributed by atoms with Crippen LogP contribution < -0.4 is 5.32 Å². The third-order valence-electron chi connectivity index (χ3n) is 4.54. The van der Waals surface area contributed by atoms with Crippen LogP contribution in [0.3, 0.4) is 0 Å². The van der Waals surface area contributed by atoms with Gasteiger partial charge in [-0.1, -0.05) is 30.3 Å². The number of aromatic nitrogens is 3. The molecule has 4 aromatic rings. The summed E-state index contributed by atoms with van der Waals surface area (Å²) in [4.78, 5) is 22.8. The number of benzene rings is 2. The number of rotatable bonds is 6. The van der Waals surface area contributed by atoms with Gasteiger partial charge in [-0.15, -0.1) is 0 Å². The Labute approximate surface area is 161 Å². The van der Waals surface area contributed by atoms with Gasteiger partial charge in [0.25, 0.3) is 5.69 Å². The van der Waals surface area contributed by atoms with Crippen molar-refractivity contribution in [1.82, 2.24) is 15.0 Å². The van der Waals surface area contributed by atoms with Gasteiger partial charge >= 0.3 is 0 Å². The molecule has 2 N–H and O–H groups in total. The lowest BCUT2D eigenvalue weighted by atomic mass is 10.1. The molecule has 0 atom stereocenters. The molecule has 140 valence electrons. The van der Waals surface area contributed by atoms with Gasteiger partial charge in [-0.3, -0.25) is 10.1 Å². The van der Waals surface area contributed by atoms with Crippen LogP contribution in [0.15, 0.2) is 60.8 Å². The Morgan fingerprint density at radius 3 is 2.82 bits per heavy atom. The topological polar surface area (TPSA) is 96.7 Å². The number of nitrogens with zero attached hydrogens (tertiary/aromatic N) is 3. The molecule has 0 spiro atoms. The number of nitro benzene ring substituents is 1. The average Bonchev–Trinajstić information content (AvgIpc) is 3.11. The lowest BCUT2D eigenvalue weighted by Gasteiger charge is -2.09. The van der Waals surface area contributed by atoms with E-state index in [-0.39, 0.29) is 5.69 Å². The molecule has 0 aliphatic heterocycles. The molecule has 7 nitrogen and oxygen atoms in total. The Morgan fingerprint density at radius 1 is 1.11 bits per heavy atom. The molecule has 4 rings (SSSR count). The van der Waals surface area contributed by atoms with E-state index in [2.05, 4.69) is 32.4 Å². The molecular formula is C21H19N5O2. The molecule has 7 heteroatoms. The quantitative estimate of drug-likeness (QED) is 0.383. The molecule has 0 saturated heterocycles. The summed E-state index contributed by atoms with van der Waals surface area (Å²) in [5.74, 6) is 1.17. The first-order chi connectivity index (χ1) is 13.6. The predicted molar refractivity (Wildman–Crippen MR) is 109 cm³/mol. The summed E-state index contributed by atoms with van der Waals surface area (Å²) in [6.07, 6.45) is 2.88. The highest BCUT2D eigenvalue weighted by atomic mass is 16.6. The first-order valence-corrected chi connectivity index (χ1v) is 8.99. The molecule has 0 aliphatic carbocycles. The van der Waals surface area contributed by atoms with Crippen molar-refractivity contribution in [3.8, 4) is 11.4 Å². The number of aryl methyl sites for hydroxylation is 1. The van der Waals surface area contributed by atoms with Crippen LogP contribution in [0.2, 0.25) is 0 Å². The third kappa shape index (κ3) is 3.68. The Kier molecular flexibility index (Phi) is 4.72. The van der Waals surface area contributed by atoms with Crippen molar-refractivity contribution in [1.29, 1.82) is 0 Å². The van der Waals surface area contributed by atoms with Gasteiger partial charge in [-0.2, -0.15) is 0 Å². The second-order valence-corrected chi connectivity index (χ2v) is 6.56. The fourth-order valence-corrected chi connectivity index (χ4v) is 3.21. The zero-order valence-electron chi connectivity index (χ0n) is 15.3. The predicted octanol–water partition coefficient (Wildman–Crippen LogP) is 4.50. The molecule has 0 amide bonds. The average molecular weight is 373 g/mol. The Hall–Kier alpha value is -3.74. The molecule has 0 radical (unpaired) electrons. The standard InChI is InChI=1S/C21H19N5O2/c1-14-11-20(22-10-9-16-13-23-19-8-3-2-7-18(16)19)25-21(24-14)15-5-4-6-17(12-15)26(27)28/h2-8,11-13,23H,9-10H2,1H3,(H,22,24,25). The normalized spacial score (nSPS) is 10.9. The Morgan fingerprint density at radius 2 is 1.96 bits per heavy atom. The molecule has 0 fully saturated rings. The van der Waals surface area contributed by atoms with E-state index in [4.69, 9.17) is 0 Å². The van der Waals surface area contributed by atoms with Gasteiger partial charge in [0, 0.05) is 53.1 Å². The fourth-order valence-electron chi connectivity index (χ4n) is 3.21. The molecule has 0 bridgehead atoms. The molecule has 0 saturated carbocycles. The lowest BCUT2D eigenvalue weighted by Crippen LogP contribution is -2.07. The SMILES string of the molecule is Cc1cc(NCCc2c[nH]c3ccccc23)nc(-c2cccc([N+](=O)[O-])c2)n1. The number of nitro groups is 1. The van der Waals surface area contributed by atoms with Gasteiger partial charge in [-0.05, 0) is 25.0 Å². The summed E-state index contributed by atoms with van der Waals surface area (Å²) in [5, 5.41) is 15.6. The van der Waals surface area contributed by atoms with Crippen molar-refractivity contribution in [2.45, 2.75) is 13.3 Å². The van der Waals surface area contributed by atoms with Gasteiger partial charge in [-0.25, -0.2) is 9.97 Å². The smallest absolute Gasteiger partial charge is 0.270 e. The van der Waals surface area contributed by atoms with Gasteiger partial charge in [0.1, 0.15) is 5.82 Å². The van der Waals surface area contributed by atoms with Crippen LogP contribution in [0.4, 0.5) is 11.5 Å². The highest BCUT2D eigenvalue weighted by molar-refractivity contribution is 5.83. The van der Waals surface area contributed by atoms with Crippen molar-refractivity contribution in [2.24, 2.45) is 0 Å². The molecule has 2 aromatic carbocycles. The largest absolute Gasteiger partial charge is 0.370 e. The van der Waals surface area contributed by atoms with Crippen LogP contribution in [0.5, 0.6) is 0 Å². The first kappa shape index (κ1) is 17.7. The first-order valence-electron chi connectivity index (χ1n) is 8.99. The van der Waals surface area contributed by atoms with Crippen molar-refractivity contribution in [2.75, 3.05) is 11.9 Å². The van der Waals surface area contributed by atoms with E-state index in [1.807, 2.05) is 31.3 Å². The number of hydrogen-bond acceptors (Lipinski definition) is 5. The van der Waals surface area contributed by atoms with Crippen LogP contribution in [-0.2, 0) is 6.42 Å². The van der Waals surface area contributed by atoms with Crippen LogP contribution in [0.1, 0.15) is 11.3 Å². The van der Waals surface area contributed by atoms with E-state index in [9.17, 15) is 10.1 Å². The highest BCUT2D eigenvalue weighted by Crippen LogP contribution is 2.23. The van der Waals surface area contributed by atoms with Gasteiger partial charge < -0.3 is 10.3 Å². The molecule has 2 aromatic heterocycles. The number of aromatic amines is 1. The number of anilines is 1. The Bertz CT molecular complexity index is 1150. The van der Waals surface area contributed by atoms with E-state index in [1.165, 1.54) is 23.1 Å². The summed E-state index contributed by atoms with van der Waals surface area (Å²) < 4.78 is 0. The van der Waals surface area contributed by atoms with Gasteiger partial charge in [0.2, 0.25) is 0 Å². The Balaban J connectivity index is 1.51. The minimum atomic E-state index is -0.417. The molecule has 28 heavy (non-hydrogen) atoms. The molecule has 0 unspecified atom stereocenters. The van der Waals surface area contributed by atoms with Crippen molar-refractivity contribution in [3.63, 3.8) is 0 Å². The second kappa shape index (κ2) is 7.48. The van der Waals surface area contributed by atoms with E-state index >= 15 is 0 Å². The fraction of sp³-hybridized carbons (Fsp3) is 0.143. The van der Waals surface area contributed by atoms with Crippen LogP contribution in [-0.4, -0.2) is 26.4 Å². The van der Waals surface area contributed by atoms with Crippen LogP contribution in [0, 0.1) is 17.0 Å². The second-order valence-electron chi connectivity index (χ2n) is 6.56. The number of para-hydroxylation sites is 1.